The van der Waals surface area contributed by atoms with Crippen LogP contribution in [0.4, 0.5) is 0 Å². The van der Waals surface area contributed by atoms with Gasteiger partial charge in [0.15, 0.2) is 11.5 Å². The van der Waals surface area contributed by atoms with E-state index in [0.29, 0.717) is 15.6 Å². The van der Waals surface area contributed by atoms with Crippen molar-refractivity contribution in [1.29, 1.82) is 0 Å². The summed E-state index contributed by atoms with van der Waals surface area (Å²) in [4.78, 5) is 11.8. The van der Waals surface area contributed by atoms with Crippen LogP contribution in [0.15, 0.2) is 52.0 Å². The number of aromatic hydroxyl groups is 2. The minimum atomic E-state index is -0.381. The summed E-state index contributed by atoms with van der Waals surface area (Å²) in [6, 6.07) is 11.4. The van der Waals surface area contributed by atoms with Gasteiger partial charge >= 0.3 is 0 Å². The van der Waals surface area contributed by atoms with Crippen molar-refractivity contribution in [2.24, 2.45) is 5.10 Å². The number of carbonyl (C=O) groups excluding carboxylic acids is 1. The van der Waals surface area contributed by atoms with Crippen molar-refractivity contribution in [3.8, 4) is 11.5 Å². The van der Waals surface area contributed by atoms with Crippen molar-refractivity contribution in [1.82, 2.24) is 5.43 Å². The second-order valence-electron chi connectivity index (χ2n) is 3.89. The highest BCUT2D eigenvalue weighted by molar-refractivity contribution is 9.10. The van der Waals surface area contributed by atoms with Gasteiger partial charge in [0, 0.05) is 10.0 Å². The van der Waals surface area contributed by atoms with Crippen LogP contribution in [0.5, 0.6) is 11.5 Å². The van der Waals surface area contributed by atoms with Gasteiger partial charge in [-0.05, 0) is 40.2 Å². The van der Waals surface area contributed by atoms with Gasteiger partial charge in [-0.25, -0.2) is 5.43 Å². The molecule has 2 aromatic carbocycles. The smallest absolute Gasteiger partial charge is 0.272 e. The summed E-state index contributed by atoms with van der Waals surface area (Å²) in [5, 5.41) is 22.6. The quantitative estimate of drug-likeness (QED) is 0.458. The zero-order valence-electron chi connectivity index (χ0n) is 10.2. The van der Waals surface area contributed by atoms with Gasteiger partial charge in [0.05, 0.1) is 11.8 Å². The number of hydrogen-bond donors (Lipinski definition) is 3. The van der Waals surface area contributed by atoms with Crippen LogP contribution in [-0.2, 0) is 0 Å². The van der Waals surface area contributed by atoms with Crippen molar-refractivity contribution in [2.45, 2.75) is 0 Å². The Labute approximate surface area is 123 Å². The third-order valence-corrected chi connectivity index (χ3v) is 3.23. The predicted octanol–water partition coefficient (Wildman–Crippen LogP) is 2.62. The molecule has 0 radical (unpaired) electrons. The Morgan fingerprint density at radius 3 is 2.65 bits per heavy atom. The average molecular weight is 335 g/mol. The number of benzene rings is 2. The minimum Gasteiger partial charge on any atom is -0.504 e. The van der Waals surface area contributed by atoms with E-state index in [1.165, 1.54) is 12.3 Å². The third kappa shape index (κ3) is 3.16. The van der Waals surface area contributed by atoms with Crippen molar-refractivity contribution in [3.63, 3.8) is 0 Å². The van der Waals surface area contributed by atoms with Crippen LogP contribution in [0.2, 0.25) is 0 Å². The van der Waals surface area contributed by atoms with E-state index in [0.717, 1.165) is 0 Å². The zero-order chi connectivity index (χ0) is 14.5. The van der Waals surface area contributed by atoms with E-state index >= 15 is 0 Å². The highest BCUT2D eigenvalue weighted by Crippen LogP contribution is 2.26. The summed E-state index contributed by atoms with van der Waals surface area (Å²) >= 11 is 3.27. The fraction of sp³-hybridized carbons (Fsp3) is 0. The summed E-state index contributed by atoms with van der Waals surface area (Å²) in [6.07, 6.45) is 1.25. The van der Waals surface area contributed by atoms with Crippen LogP contribution in [0.3, 0.4) is 0 Å². The van der Waals surface area contributed by atoms with Gasteiger partial charge in [0.2, 0.25) is 0 Å². The van der Waals surface area contributed by atoms with Gasteiger partial charge in [0.1, 0.15) is 0 Å². The third-order valence-electron chi connectivity index (χ3n) is 2.53. The molecule has 0 bridgehead atoms. The summed E-state index contributed by atoms with van der Waals surface area (Å²) in [7, 11) is 0. The van der Waals surface area contributed by atoms with Gasteiger partial charge in [-0.2, -0.15) is 5.10 Å². The molecule has 6 heteroatoms. The van der Waals surface area contributed by atoms with E-state index in [4.69, 9.17) is 0 Å². The number of nitrogens with one attached hydrogen (secondary N) is 1. The standard InChI is InChI=1S/C14H11BrN2O3/c15-11-6-2-1-5-10(11)14(20)17-16-8-9-4-3-7-12(18)13(9)19/h1-8,18-19H,(H,17,20)/b16-8+. The molecule has 0 aliphatic carbocycles. The molecular weight excluding hydrogens is 324 g/mol. The highest BCUT2D eigenvalue weighted by Gasteiger charge is 2.08. The molecule has 0 aliphatic rings. The minimum absolute atomic E-state index is 0.244. The predicted molar refractivity (Wildman–Crippen MR) is 79.0 cm³/mol. The van der Waals surface area contributed by atoms with Crippen LogP contribution in [-0.4, -0.2) is 22.3 Å². The van der Waals surface area contributed by atoms with Gasteiger partial charge in [0.25, 0.3) is 5.91 Å². The van der Waals surface area contributed by atoms with Crippen molar-refractivity contribution in [2.75, 3.05) is 0 Å². The van der Waals surface area contributed by atoms with Crippen molar-refractivity contribution in [3.05, 3.63) is 58.1 Å². The summed E-state index contributed by atoms with van der Waals surface area (Å²) < 4.78 is 0.660. The molecule has 102 valence electrons. The molecule has 3 N–H and O–H groups in total. The van der Waals surface area contributed by atoms with E-state index in [2.05, 4.69) is 26.5 Å². The molecule has 0 fully saturated rings. The SMILES string of the molecule is O=C(N/N=C/c1cccc(O)c1O)c1ccccc1Br. The molecule has 0 atom stereocenters. The summed E-state index contributed by atoms with van der Waals surface area (Å²) in [5.41, 5.74) is 3.09. The first kappa shape index (κ1) is 14.1. The molecule has 20 heavy (non-hydrogen) atoms. The largest absolute Gasteiger partial charge is 0.504 e. The van der Waals surface area contributed by atoms with Gasteiger partial charge in [-0.15, -0.1) is 0 Å². The first-order chi connectivity index (χ1) is 9.59. The molecule has 0 saturated heterocycles. The molecule has 0 spiro atoms. The number of phenols is 2. The van der Waals surface area contributed by atoms with Crippen LogP contribution in [0, 0.1) is 0 Å². The Kier molecular flexibility index (Phi) is 4.37. The number of carbonyl (C=O) groups is 1. The Balaban J connectivity index is 2.09. The van der Waals surface area contributed by atoms with Gasteiger partial charge in [-0.1, -0.05) is 18.2 Å². The molecule has 0 heterocycles. The fourth-order valence-electron chi connectivity index (χ4n) is 1.52. The highest BCUT2D eigenvalue weighted by atomic mass is 79.9. The molecule has 0 aliphatic heterocycles. The topological polar surface area (TPSA) is 81.9 Å². The molecule has 2 aromatic rings. The number of rotatable bonds is 3. The van der Waals surface area contributed by atoms with E-state index < -0.39 is 0 Å². The Hall–Kier alpha value is -2.34. The molecule has 0 saturated carbocycles. The van der Waals surface area contributed by atoms with Crippen LogP contribution >= 0.6 is 15.9 Å². The molecular formula is C14H11BrN2O3. The van der Waals surface area contributed by atoms with E-state index in [1.807, 2.05) is 0 Å². The lowest BCUT2D eigenvalue weighted by atomic mass is 10.2. The Bertz CT molecular complexity index is 671. The maximum atomic E-state index is 11.8. The Morgan fingerprint density at radius 1 is 1.15 bits per heavy atom. The maximum Gasteiger partial charge on any atom is 0.272 e. The monoisotopic (exact) mass is 334 g/mol. The first-order valence-electron chi connectivity index (χ1n) is 5.68. The lowest BCUT2D eigenvalue weighted by Crippen LogP contribution is -2.18. The van der Waals surface area contributed by atoms with E-state index in [1.54, 1.807) is 36.4 Å². The maximum absolute atomic E-state index is 11.8. The molecule has 0 unspecified atom stereocenters. The Morgan fingerprint density at radius 2 is 1.90 bits per heavy atom. The number of nitrogens with zero attached hydrogens (tertiary/aromatic N) is 1. The fourth-order valence-corrected chi connectivity index (χ4v) is 1.98. The van der Waals surface area contributed by atoms with Crippen LogP contribution < -0.4 is 5.43 Å². The number of amides is 1. The van der Waals surface area contributed by atoms with E-state index in [-0.39, 0.29) is 17.4 Å². The van der Waals surface area contributed by atoms with Gasteiger partial charge in [-0.3, -0.25) is 4.79 Å². The van der Waals surface area contributed by atoms with Crippen LogP contribution in [0.1, 0.15) is 15.9 Å². The molecule has 5 nitrogen and oxygen atoms in total. The first-order valence-corrected chi connectivity index (χ1v) is 6.48. The number of halogens is 1. The number of phenolic OH excluding ortho intramolecular Hbond substituents is 2. The number of hydrazone groups is 1. The molecule has 0 aromatic heterocycles. The average Bonchev–Trinajstić information content (AvgIpc) is 2.44. The van der Waals surface area contributed by atoms with Crippen molar-refractivity contribution < 1.29 is 15.0 Å². The lowest BCUT2D eigenvalue weighted by Gasteiger charge is -2.03. The van der Waals surface area contributed by atoms with E-state index in [9.17, 15) is 15.0 Å². The lowest BCUT2D eigenvalue weighted by molar-refractivity contribution is 0.0954. The normalized spacial score (nSPS) is 10.7. The molecule has 1 amide bonds. The molecule has 2 rings (SSSR count). The van der Waals surface area contributed by atoms with Crippen LogP contribution in [0.25, 0.3) is 0 Å². The number of para-hydroxylation sites is 1. The summed E-state index contributed by atoms with van der Waals surface area (Å²) in [6.45, 7) is 0. The zero-order valence-corrected chi connectivity index (χ0v) is 11.8. The second kappa shape index (κ2) is 6.21. The number of hydrogen-bond acceptors (Lipinski definition) is 4. The summed E-state index contributed by atoms with van der Waals surface area (Å²) in [5.74, 6) is -0.911. The van der Waals surface area contributed by atoms with Gasteiger partial charge < -0.3 is 10.2 Å². The second-order valence-corrected chi connectivity index (χ2v) is 4.75. The van der Waals surface area contributed by atoms with Crippen molar-refractivity contribution >= 4 is 28.1 Å².